The molecule has 0 unspecified atom stereocenters. The van der Waals surface area contributed by atoms with Crippen molar-refractivity contribution in [3.8, 4) is 17.2 Å². The van der Waals surface area contributed by atoms with E-state index in [1.54, 1.807) is 21.3 Å². The van der Waals surface area contributed by atoms with Gasteiger partial charge in [0.15, 0.2) is 18.0 Å². The minimum absolute atomic E-state index is 0.0944. The molecular weight excluding hydrogens is 394 g/mol. The van der Waals surface area contributed by atoms with Crippen LogP contribution in [0.3, 0.4) is 0 Å². The molecule has 1 heterocycles. The number of rotatable bonds is 9. The number of aryl methyl sites for hydroxylation is 1. The second-order valence-electron chi connectivity index (χ2n) is 8.12. The van der Waals surface area contributed by atoms with Crippen LogP contribution in [0, 0.1) is 6.92 Å². The van der Waals surface area contributed by atoms with Crippen molar-refractivity contribution >= 4 is 5.91 Å². The van der Waals surface area contributed by atoms with E-state index in [2.05, 4.69) is 18.3 Å². The zero-order valence-electron chi connectivity index (χ0n) is 19.0. The van der Waals surface area contributed by atoms with Crippen molar-refractivity contribution in [1.82, 2.24) is 5.32 Å². The number of ether oxygens (including phenoxy) is 3. The van der Waals surface area contributed by atoms with E-state index >= 15 is 0 Å². The van der Waals surface area contributed by atoms with Crippen molar-refractivity contribution in [2.24, 2.45) is 0 Å². The average Bonchev–Trinajstić information content (AvgIpc) is 2.80. The Balaban J connectivity index is 1.45. The second-order valence-corrected chi connectivity index (χ2v) is 8.12. The number of nitrogens with one attached hydrogen (secondary N) is 3. The number of carbonyl (C=O) groups excluding carboxylic acids is 1. The summed E-state index contributed by atoms with van der Waals surface area (Å²) in [5.41, 5.74) is 3.55. The molecule has 0 bridgehead atoms. The highest BCUT2D eigenvalue weighted by molar-refractivity contribution is 5.76. The molecule has 0 radical (unpaired) electrons. The SMILES string of the molecule is COc1cccc(CNC(=O)C[NH+]2CC[NH+](Cc3cc(OC)c(OC)cc3C)CC2)c1. The van der Waals surface area contributed by atoms with Gasteiger partial charge in [-0.15, -0.1) is 0 Å². The van der Waals surface area contributed by atoms with E-state index in [4.69, 9.17) is 14.2 Å². The van der Waals surface area contributed by atoms with Crippen LogP contribution in [0.15, 0.2) is 36.4 Å². The van der Waals surface area contributed by atoms with Gasteiger partial charge in [-0.25, -0.2) is 0 Å². The number of hydrogen-bond acceptors (Lipinski definition) is 4. The van der Waals surface area contributed by atoms with Crippen molar-refractivity contribution in [3.05, 3.63) is 53.1 Å². The Labute approximate surface area is 184 Å². The van der Waals surface area contributed by atoms with E-state index in [9.17, 15) is 4.79 Å². The van der Waals surface area contributed by atoms with Crippen molar-refractivity contribution in [1.29, 1.82) is 0 Å². The Morgan fingerprint density at radius 2 is 1.61 bits per heavy atom. The summed E-state index contributed by atoms with van der Waals surface area (Å²) in [5.74, 6) is 2.45. The molecule has 1 amide bonds. The lowest BCUT2D eigenvalue weighted by Crippen LogP contribution is -3.28. The van der Waals surface area contributed by atoms with Crippen LogP contribution in [0.25, 0.3) is 0 Å². The molecule has 1 aliphatic rings. The van der Waals surface area contributed by atoms with Crippen LogP contribution in [0.2, 0.25) is 0 Å². The highest BCUT2D eigenvalue weighted by atomic mass is 16.5. The Morgan fingerprint density at radius 3 is 2.29 bits per heavy atom. The van der Waals surface area contributed by atoms with E-state index in [0.717, 1.165) is 55.5 Å². The highest BCUT2D eigenvalue weighted by Gasteiger charge is 2.25. The van der Waals surface area contributed by atoms with Crippen LogP contribution in [0.4, 0.5) is 0 Å². The van der Waals surface area contributed by atoms with Gasteiger partial charge in [-0.3, -0.25) is 4.79 Å². The van der Waals surface area contributed by atoms with Gasteiger partial charge in [0.1, 0.15) is 38.5 Å². The maximum Gasteiger partial charge on any atom is 0.275 e. The number of piperazine rings is 1. The predicted octanol–water partition coefficient (Wildman–Crippen LogP) is -0.379. The van der Waals surface area contributed by atoms with E-state index in [1.165, 1.54) is 20.9 Å². The molecule has 0 aliphatic carbocycles. The summed E-state index contributed by atoms with van der Waals surface area (Å²) < 4.78 is 16.1. The van der Waals surface area contributed by atoms with Gasteiger partial charge in [-0.05, 0) is 42.3 Å². The van der Waals surface area contributed by atoms with Gasteiger partial charge in [0.2, 0.25) is 0 Å². The highest BCUT2D eigenvalue weighted by Crippen LogP contribution is 2.29. The van der Waals surface area contributed by atoms with Gasteiger partial charge in [0.05, 0.1) is 21.3 Å². The monoisotopic (exact) mass is 429 g/mol. The van der Waals surface area contributed by atoms with Crippen LogP contribution < -0.4 is 29.3 Å². The third-order valence-corrected chi connectivity index (χ3v) is 5.98. The number of quaternary nitrogens is 2. The Bertz CT molecular complexity index is 879. The zero-order valence-corrected chi connectivity index (χ0v) is 19.0. The predicted molar refractivity (Wildman–Crippen MR) is 119 cm³/mol. The first kappa shape index (κ1) is 22.9. The molecular formula is C24H35N3O4+2. The van der Waals surface area contributed by atoms with Crippen LogP contribution in [-0.4, -0.2) is 60.0 Å². The molecule has 0 atom stereocenters. The molecule has 1 aliphatic heterocycles. The standard InChI is InChI=1S/C24H33N3O4/c1-18-12-22(30-3)23(31-4)14-20(18)16-26-8-10-27(11-9-26)17-24(28)25-15-19-6-5-7-21(13-19)29-2/h5-7,12-14H,8-11,15-17H2,1-4H3,(H,25,28)/p+2. The molecule has 2 aromatic rings. The molecule has 3 N–H and O–H groups in total. The summed E-state index contributed by atoms with van der Waals surface area (Å²) >= 11 is 0. The van der Waals surface area contributed by atoms with Crippen LogP contribution in [-0.2, 0) is 17.9 Å². The van der Waals surface area contributed by atoms with E-state index < -0.39 is 0 Å². The molecule has 0 aromatic heterocycles. The molecule has 3 rings (SSSR count). The Hall–Kier alpha value is -2.77. The van der Waals surface area contributed by atoms with Gasteiger partial charge in [-0.1, -0.05) is 12.1 Å². The fourth-order valence-corrected chi connectivity index (χ4v) is 4.07. The molecule has 7 nitrogen and oxygen atoms in total. The maximum atomic E-state index is 12.4. The first-order valence-electron chi connectivity index (χ1n) is 10.8. The Morgan fingerprint density at radius 1 is 0.935 bits per heavy atom. The normalized spacial score (nSPS) is 18.3. The summed E-state index contributed by atoms with van der Waals surface area (Å²) in [4.78, 5) is 15.3. The smallest absolute Gasteiger partial charge is 0.275 e. The van der Waals surface area contributed by atoms with Crippen molar-refractivity contribution < 1.29 is 28.8 Å². The third kappa shape index (κ3) is 6.35. The fourth-order valence-electron chi connectivity index (χ4n) is 4.07. The van der Waals surface area contributed by atoms with Crippen LogP contribution in [0.5, 0.6) is 17.2 Å². The average molecular weight is 430 g/mol. The zero-order chi connectivity index (χ0) is 22.2. The largest absolute Gasteiger partial charge is 0.497 e. The topological polar surface area (TPSA) is 65.7 Å². The second kappa shape index (κ2) is 11.0. The van der Waals surface area contributed by atoms with E-state index in [1.807, 2.05) is 30.3 Å². The molecule has 7 heteroatoms. The van der Waals surface area contributed by atoms with Gasteiger partial charge in [-0.2, -0.15) is 0 Å². The van der Waals surface area contributed by atoms with Crippen molar-refractivity contribution in [2.75, 3.05) is 54.1 Å². The van der Waals surface area contributed by atoms with Gasteiger partial charge < -0.3 is 29.3 Å². The summed E-state index contributed by atoms with van der Waals surface area (Å²) in [6.45, 7) is 8.21. The molecule has 168 valence electrons. The van der Waals surface area contributed by atoms with Crippen LogP contribution in [0.1, 0.15) is 16.7 Å². The first-order chi connectivity index (χ1) is 15.0. The number of amides is 1. The van der Waals surface area contributed by atoms with E-state index in [0.29, 0.717) is 13.1 Å². The minimum Gasteiger partial charge on any atom is -0.497 e. The molecule has 31 heavy (non-hydrogen) atoms. The van der Waals surface area contributed by atoms with Crippen LogP contribution >= 0.6 is 0 Å². The number of carbonyl (C=O) groups is 1. The first-order valence-corrected chi connectivity index (χ1v) is 10.8. The van der Waals surface area contributed by atoms with Crippen molar-refractivity contribution in [3.63, 3.8) is 0 Å². The number of methoxy groups -OCH3 is 3. The lowest BCUT2D eigenvalue weighted by Gasteiger charge is -2.29. The third-order valence-electron chi connectivity index (χ3n) is 5.98. The summed E-state index contributed by atoms with van der Waals surface area (Å²) in [7, 11) is 4.98. The molecule has 1 saturated heterocycles. The summed E-state index contributed by atoms with van der Waals surface area (Å²) in [5, 5.41) is 3.03. The fraction of sp³-hybridized carbons (Fsp3) is 0.458. The molecule has 2 aromatic carbocycles. The quantitative estimate of drug-likeness (QED) is 0.509. The number of benzene rings is 2. The van der Waals surface area contributed by atoms with Gasteiger partial charge >= 0.3 is 0 Å². The maximum absolute atomic E-state index is 12.4. The van der Waals surface area contributed by atoms with Crippen molar-refractivity contribution in [2.45, 2.75) is 20.0 Å². The summed E-state index contributed by atoms with van der Waals surface area (Å²) in [6, 6.07) is 11.9. The lowest BCUT2D eigenvalue weighted by atomic mass is 10.1. The van der Waals surface area contributed by atoms with E-state index in [-0.39, 0.29) is 5.91 Å². The Kier molecular flexibility index (Phi) is 8.14. The molecule has 0 spiro atoms. The molecule has 0 saturated carbocycles. The van der Waals surface area contributed by atoms with Gasteiger partial charge in [0, 0.05) is 12.1 Å². The minimum atomic E-state index is 0.0944. The lowest BCUT2D eigenvalue weighted by molar-refractivity contribution is -1.02. The van der Waals surface area contributed by atoms with Gasteiger partial charge in [0.25, 0.3) is 5.91 Å². The number of hydrogen-bond donors (Lipinski definition) is 3. The summed E-state index contributed by atoms with van der Waals surface area (Å²) in [6.07, 6.45) is 0. The molecule has 1 fully saturated rings.